The highest BCUT2D eigenvalue weighted by molar-refractivity contribution is 9.10. The maximum Gasteiger partial charge on any atom is 0.125 e. The fourth-order valence-electron chi connectivity index (χ4n) is 1.80. The van der Waals surface area contributed by atoms with E-state index in [4.69, 9.17) is 0 Å². The first-order valence-electron chi connectivity index (χ1n) is 5.93. The second-order valence-electron chi connectivity index (χ2n) is 4.22. The summed E-state index contributed by atoms with van der Waals surface area (Å²) in [5, 5.41) is 3.46. The molecule has 1 aromatic heterocycles. The molecule has 94 valence electrons. The Morgan fingerprint density at radius 3 is 2.78 bits per heavy atom. The minimum absolute atomic E-state index is 0.274. The smallest absolute Gasteiger partial charge is 0.125 e. The minimum atomic E-state index is 0.274. The molecule has 18 heavy (non-hydrogen) atoms. The molecule has 0 radical (unpaired) electrons. The van der Waals surface area contributed by atoms with Crippen molar-refractivity contribution in [1.29, 1.82) is 0 Å². The highest BCUT2D eigenvalue weighted by atomic mass is 79.9. The molecular formula is C14H16BrN3. The predicted octanol–water partition coefficient (Wildman–Crippen LogP) is 3.40. The van der Waals surface area contributed by atoms with E-state index in [0.29, 0.717) is 0 Å². The lowest BCUT2D eigenvalue weighted by molar-refractivity contribution is 0.564. The van der Waals surface area contributed by atoms with Crippen LogP contribution in [0.15, 0.2) is 41.0 Å². The van der Waals surface area contributed by atoms with Crippen molar-refractivity contribution in [2.45, 2.75) is 26.4 Å². The topological polar surface area (TPSA) is 37.8 Å². The van der Waals surface area contributed by atoms with Crippen molar-refractivity contribution in [1.82, 2.24) is 15.3 Å². The first-order chi connectivity index (χ1) is 8.66. The molecule has 0 saturated carbocycles. The third-order valence-corrected chi connectivity index (χ3v) is 3.52. The second-order valence-corrected chi connectivity index (χ2v) is 5.07. The van der Waals surface area contributed by atoms with Gasteiger partial charge in [0.2, 0.25) is 0 Å². The van der Waals surface area contributed by atoms with Gasteiger partial charge >= 0.3 is 0 Å². The maximum atomic E-state index is 4.38. The van der Waals surface area contributed by atoms with Crippen molar-refractivity contribution in [2.24, 2.45) is 0 Å². The largest absolute Gasteiger partial charge is 0.305 e. The van der Waals surface area contributed by atoms with Crippen molar-refractivity contribution in [3.63, 3.8) is 0 Å². The normalized spacial score (nSPS) is 12.4. The quantitative estimate of drug-likeness (QED) is 0.941. The molecule has 0 fully saturated rings. The molecule has 2 rings (SSSR count). The number of nitrogens with one attached hydrogen (secondary N) is 1. The number of hydrogen-bond donors (Lipinski definition) is 1. The van der Waals surface area contributed by atoms with Crippen molar-refractivity contribution in [3.8, 4) is 0 Å². The minimum Gasteiger partial charge on any atom is -0.305 e. The summed E-state index contributed by atoms with van der Waals surface area (Å²) in [5.41, 5.74) is 2.27. The lowest BCUT2D eigenvalue weighted by atomic mass is 10.1. The lowest BCUT2D eigenvalue weighted by Gasteiger charge is -2.15. The van der Waals surface area contributed by atoms with E-state index in [9.17, 15) is 0 Å². The van der Waals surface area contributed by atoms with Crippen LogP contribution >= 0.6 is 15.9 Å². The number of aryl methyl sites for hydroxylation is 1. The summed E-state index contributed by atoms with van der Waals surface area (Å²) in [6.07, 6.45) is 1.79. The van der Waals surface area contributed by atoms with Crippen LogP contribution in [0, 0.1) is 6.92 Å². The average Bonchev–Trinajstić information content (AvgIpc) is 2.37. The van der Waals surface area contributed by atoms with Crippen LogP contribution in [-0.2, 0) is 6.54 Å². The summed E-state index contributed by atoms with van der Waals surface area (Å²) < 4.78 is 1.13. The lowest BCUT2D eigenvalue weighted by Crippen LogP contribution is -2.19. The molecule has 1 atom stereocenters. The van der Waals surface area contributed by atoms with E-state index in [2.05, 4.69) is 50.3 Å². The SMILES string of the molecule is Cc1nccc(CNC(C)c2ccccc2Br)n1. The zero-order chi connectivity index (χ0) is 13.0. The van der Waals surface area contributed by atoms with Gasteiger partial charge in [-0.15, -0.1) is 0 Å². The Morgan fingerprint density at radius 1 is 1.28 bits per heavy atom. The van der Waals surface area contributed by atoms with Crippen molar-refractivity contribution < 1.29 is 0 Å². The average molecular weight is 306 g/mol. The molecule has 3 nitrogen and oxygen atoms in total. The Labute approximate surface area is 116 Å². The Hall–Kier alpha value is -1.26. The standard InChI is InChI=1S/C14H16BrN3/c1-10(13-5-3-4-6-14(13)15)17-9-12-7-8-16-11(2)18-12/h3-8,10,17H,9H2,1-2H3. The zero-order valence-electron chi connectivity index (χ0n) is 10.5. The number of nitrogens with zero attached hydrogens (tertiary/aromatic N) is 2. The van der Waals surface area contributed by atoms with Crippen LogP contribution in [0.5, 0.6) is 0 Å². The van der Waals surface area contributed by atoms with E-state index in [1.54, 1.807) is 6.20 Å². The molecule has 0 bridgehead atoms. The molecule has 0 aliphatic rings. The van der Waals surface area contributed by atoms with E-state index in [-0.39, 0.29) is 6.04 Å². The predicted molar refractivity (Wildman–Crippen MR) is 76.2 cm³/mol. The zero-order valence-corrected chi connectivity index (χ0v) is 12.1. The van der Waals surface area contributed by atoms with E-state index in [0.717, 1.165) is 22.5 Å². The van der Waals surface area contributed by atoms with Gasteiger partial charge in [0.05, 0.1) is 5.69 Å². The van der Waals surface area contributed by atoms with E-state index >= 15 is 0 Å². The van der Waals surface area contributed by atoms with Crippen molar-refractivity contribution in [3.05, 3.63) is 58.1 Å². The monoisotopic (exact) mass is 305 g/mol. The molecule has 1 unspecified atom stereocenters. The second kappa shape index (κ2) is 6.07. The van der Waals surface area contributed by atoms with E-state index in [1.165, 1.54) is 5.56 Å². The Balaban J connectivity index is 2.00. The molecular weight excluding hydrogens is 290 g/mol. The van der Waals surface area contributed by atoms with Crippen molar-refractivity contribution >= 4 is 15.9 Å². The fraction of sp³-hybridized carbons (Fsp3) is 0.286. The van der Waals surface area contributed by atoms with Gasteiger partial charge in [-0.05, 0) is 31.5 Å². The van der Waals surface area contributed by atoms with Crippen LogP contribution in [0.3, 0.4) is 0 Å². The van der Waals surface area contributed by atoms with E-state index < -0.39 is 0 Å². The van der Waals surface area contributed by atoms with Crippen LogP contribution in [-0.4, -0.2) is 9.97 Å². The Morgan fingerprint density at radius 2 is 2.06 bits per heavy atom. The first-order valence-corrected chi connectivity index (χ1v) is 6.72. The molecule has 1 N–H and O–H groups in total. The molecule has 2 aromatic rings. The molecule has 1 aromatic carbocycles. The number of benzene rings is 1. The summed E-state index contributed by atoms with van der Waals surface area (Å²) in [7, 11) is 0. The Kier molecular flexibility index (Phi) is 4.44. The van der Waals surface area contributed by atoms with Gasteiger partial charge in [0.15, 0.2) is 0 Å². The molecule has 0 spiro atoms. The number of halogens is 1. The van der Waals surface area contributed by atoms with Gasteiger partial charge in [-0.1, -0.05) is 34.1 Å². The Bertz CT molecular complexity index is 528. The third-order valence-electron chi connectivity index (χ3n) is 2.79. The van der Waals surface area contributed by atoms with Gasteiger partial charge in [0.25, 0.3) is 0 Å². The molecule has 0 aliphatic heterocycles. The number of hydrogen-bond acceptors (Lipinski definition) is 3. The summed E-state index contributed by atoms with van der Waals surface area (Å²) >= 11 is 3.57. The summed E-state index contributed by atoms with van der Waals surface area (Å²) in [6.45, 7) is 4.79. The fourth-order valence-corrected chi connectivity index (χ4v) is 2.43. The molecule has 0 saturated heterocycles. The molecule has 0 aliphatic carbocycles. The van der Waals surface area contributed by atoms with Crippen LogP contribution in [0.1, 0.15) is 30.0 Å². The summed E-state index contributed by atoms with van der Waals surface area (Å²) in [5.74, 6) is 0.808. The van der Waals surface area contributed by atoms with Crippen LogP contribution in [0.25, 0.3) is 0 Å². The van der Waals surface area contributed by atoms with E-state index in [1.807, 2.05) is 25.1 Å². The van der Waals surface area contributed by atoms with Gasteiger partial charge in [0, 0.05) is 23.3 Å². The third kappa shape index (κ3) is 3.37. The first kappa shape index (κ1) is 13.2. The highest BCUT2D eigenvalue weighted by Gasteiger charge is 2.08. The van der Waals surface area contributed by atoms with Gasteiger partial charge in [-0.3, -0.25) is 0 Å². The summed E-state index contributed by atoms with van der Waals surface area (Å²) in [4.78, 5) is 8.47. The highest BCUT2D eigenvalue weighted by Crippen LogP contribution is 2.22. The van der Waals surface area contributed by atoms with Gasteiger partial charge < -0.3 is 5.32 Å². The molecule has 0 amide bonds. The van der Waals surface area contributed by atoms with Crippen LogP contribution in [0.2, 0.25) is 0 Å². The van der Waals surface area contributed by atoms with Gasteiger partial charge in [-0.25, -0.2) is 9.97 Å². The van der Waals surface area contributed by atoms with Gasteiger partial charge in [-0.2, -0.15) is 0 Å². The van der Waals surface area contributed by atoms with Crippen LogP contribution in [0.4, 0.5) is 0 Å². The molecule has 1 heterocycles. The maximum absolute atomic E-state index is 4.38. The van der Waals surface area contributed by atoms with Crippen LogP contribution < -0.4 is 5.32 Å². The van der Waals surface area contributed by atoms with Gasteiger partial charge in [0.1, 0.15) is 5.82 Å². The summed E-state index contributed by atoms with van der Waals surface area (Å²) in [6, 6.07) is 10.5. The number of rotatable bonds is 4. The van der Waals surface area contributed by atoms with Crippen molar-refractivity contribution in [2.75, 3.05) is 0 Å². The number of aromatic nitrogens is 2. The molecule has 4 heteroatoms.